The molecule has 2 aliphatic heterocycles. The zero-order valence-corrected chi connectivity index (χ0v) is 13.4. The number of hydrogen-bond acceptors (Lipinski definition) is 5. The Morgan fingerprint density at radius 1 is 1.24 bits per heavy atom. The lowest BCUT2D eigenvalue weighted by atomic mass is 9.84. The Balaban J connectivity index is 1.79. The zero-order chi connectivity index (χ0) is 15.0. The highest BCUT2D eigenvalue weighted by Crippen LogP contribution is 2.32. The van der Waals surface area contributed by atoms with Gasteiger partial charge in [-0.2, -0.15) is 0 Å². The van der Waals surface area contributed by atoms with Gasteiger partial charge >= 0.3 is 0 Å². The van der Waals surface area contributed by atoms with E-state index in [-0.39, 0.29) is 0 Å². The van der Waals surface area contributed by atoms with Crippen LogP contribution >= 0.6 is 0 Å². The van der Waals surface area contributed by atoms with Crippen molar-refractivity contribution in [3.63, 3.8) is 0 Å². The summed E-state index contributed by atoms with van der Waals surface area (Å²) in [5.41, 5.74) is 5.97. The van der Waals surface area contributed by atoms with Gasteiger partial charge in [0.15, 0.2) is 0 Å². The summed E-state index contributed by atoms with van der Waals surface area (Å²) in [6.07, 6.45) is 3.87. The Bertz CT molecular complexity index is 501. The summed E-state index contributed by atoms with van der Waals surface area (Å²) >= 11 is 0. The average molecular weight is 289 g/mol. The molecule has 0 saturated carbocycles. The quantitative estimate of drug-likeness (QED) is 0.903. The van der Waals surface area contributed by atoms with Gasteiger partial charge in [0, 0.05) is 31.1 Å². The van der Waals surface area contributed by atoms with Crippen LogP contribution in [0.5, 0.6) is 0 Å². The Morgan fingerprint density at radius 2 is 2.05 bits per heavy atom. The fraction of sp³-hybridized carbons (Fsp3) is 0.750. The lowest BCUT2D eigenvalue weighted by Crippen LogP contribution is -2.53. The molecule has 2 unspecified atom stereocenters. The molecule has 2 saturated heterocycles. The van der Waals surface area contributed by atoms with Crippen molar-refractivity contribution in [3.8, 4) is 0 Å². The third-order valence-electron chi connectivity index (χ3n) is 4.94. The highest BCUT2D eigenvalue weighted by Gasteiger charge is 2.34. The molecule has 1 aromatic rings. The first-order valence-corrected chi connectivity index (χ1v) is 8.14. The van der Waals surface area contributed by atoms with Crippen LogP contribution in [0, 0.1) is 5.92 Å². The number of piperidine rings is 2. The van der Waals surface area contributed by atoms with Gasteiger partial charge in [-0.25, -0.2) is 9.97 Å². The van der Waals surface area contributed by atoms with Crippen molar-refractivity contribution in [3.05, 3.63) is 11.9 Å². The topological polar surface area (TPSA) is 58.3 Å². The first-order valence-electron chi connectivity index (χ1n) is 8.14. The van der Waals surface area contributed by atoms with E-state index in [0.29, 0.717) is 11.7 Å². The van der Waals surface area contributed by atoms with E-state index in [2.05, 4.69) is 35.7 Å². The lowest BCUT2D eigenvalue weighted by Gasteiger charge is -2.46. The van der Waals surface area contributed by atoms with Crippen molar-refractivity contribution >= 4 is 11.6 Å². The van der Waals surface area contributed by atoms with Crippen LogP contribution in [-0.2, 0) is 0 Å². The van der Waals surface area contributed by atoms with Gasteiger partial charge in [0.05, 0.1) is 0 Å². The second-order valence-electron chi connectivity index (χ2n) is 6.85. The largest absolute Gasteiger partial charge is 0.384 e. The molecule has 2 aliphatic rings. The van der Waals surface area contributed by atoms with Gasteiger partial charge in [0.1, 0.15) is 17.5 Å². The van der Waals surface area contributed by atoms with E-state index < -0.39 is 0 Å². The summed E-state index contributed by atoms with van der Waals surface area (Å²) in [6, 6.07) is 2.68. The van der Waals surface area contributed by atoms with Crippen LogP contribution in [-0.4, -0.2) is 47.6 Å². The Hall–Kier alpha value is -1.36. The number of hydrogen-bond donors (Lipinski definition) is 1. The van der Waals surface area contributed by atoms with Crippen molar-refractivity contribution < 1.29 is 0 Å². The molecule has 0 aliphatic carbocycles. The van der Waals surface area contributed by atoms with E-state index in [1.807, 2.05) is 6.07 Å². The van der Waals surface area contributed by atoms with Gasteiger partial charge in [-0.05, 0) is 38.8 Å². The molecule has 116 valence electrons. The summed E-state index contributed by atoms with van der Waals surface area (Å²) in [7, 11) is 2.27. The molecule has 2 atom stereocenters. The van der Waals surface area contributed by atoms with Crippen molar-refractivity contribution in [2.75, 3.05) is 37.3 Å². The Morgan fingerprint density at radius 3 is 2.81 bits per heavy atom. The maximum absolute atomic E-state index is 5.97. The number of likely N-dealkylation sites (tertiary alicyclic amines) is 1. The smallest absolute Gasteiger partial charge is 0.135 e. The maximum Gasteiger partial charge on any atom is 0.135 e. The van der Waals surface area contributed by atoms with Gasteiger partial charge in [-0.15, -0.1) is 0 Å². The predicted octanol–water partition coefficient (Wildman–Crippen LogP) is 2.10. The van der Waals surface area contributed by atoms with Crippen LogP contribution < -0.4 is 10.6 Å². The van der Waals surface area contributed by atoms with Gasteiger partial charge in [-0.3, -0.25) is 0 Å². The van der Waals surface area contributed by atoms with Crippen LogP contribution in [0.1, 0.15) is 44.9 Å². The molecule has 0 aromatic carbocycles. The van der Waals surface area contributed by atoms with Crippen molar-refractivity contribution in [1.29, 1.82) is 0 Å². The molecule has 1 aromatic heterocycles. The number of fused-ring (bicyclic) bond motifs is 1. The van der Waals surface area contributed by atoms with Gasteiger partial charge in [0.2, 0.25) is 0 Å². The zero-order valence-electron chi connectivity index (χ0n) is 13.4. The molecule has 0 amide bonds. The molecule has 0 bridgehead atoms. The van der Waals surface area contributed by atoms with Gasteiger partial charge in [-0.1, -0.05) is 13.8 Å². The van der Waals surface area contributed by atoms with Gasteiger partial charge < -0.3 is 15.5 Å². The van der Waals surface area contributed by atoms with E-state index >= 15 is 0 Å². The lowest BCUT2D eigenvalue weighted by molar-refractivity contribution is 0.102. The normalized spacial score (nSPS) is 27.0. The monoisotopic (exact) mass is 289 g/mol. The van der Waals surface area contributed by atoms with E-state index in [1.54, 1.807) is 0 Å². The summed E-state index contributed by atoms with van der Waals surface area (Å²) in [5.74, 6) is 3.53. The van der Waals surface area contributed by atoms with Crippen molar-refractivity contribution in [1.82, 2.24) is 14.9 Å². The fourth-order valence-electron chi connectivity index (χ4n) is 3.75. The molecular weight excluding hydrogens is 262 g/mol. The first kappa shape index (κ1) is 14.6. The standard InChI is InChI=1S/C16H27N5/c1-11(2)16-18-14(17)9-15(19-16)21-8-6-13-12(10-21)5-4-7-20(13)3/h9,11-13H,4-8,10H2,1-3H3,(H2,17,18,19). The van der Waals surface area contributed by atoms with Crippen LogP contribution in [0.15, 0.2) is 6.07 Å². The Labute approximate surface area is 127 Å². The second kappa shape index (κ2) is 5.79. The third kappa shape index (κ3) is 2.98. The molecule has 2 fully saturated rings. The number of nitrogens with zero attached hydrogens (tertiary/aromatic N) is 4. The molecule has 3 rings (SSSR count). The molecule has 5 nitrogen and oxygen atoms in total. The average Bonchev–Trinajstić information content (AvgIpc) is 2.46. The fourth-order valence-corrected chi connectivity index (χ4v) is 3.75. The molecule has 0 radical (unpaired) electrons. The summed E-state index contributed by atoms with van der Waals surface area (Å²) in [4.78, 5) is 14.0. The van der Waals surface area contributed by atoms with E-state index in [4.69, 9.17) is 10.7 Å². The Kier molecular flexibility index (Phi) is 4.02. The minimum absolute atomic E-state index is 0.311. The third-order valence-corrected chi connectivity index (χ3v) is 4.94. The van der Waals surface area contributed by atoms with Crippen molar-refractivity contribution in [2.24, 2.45) is 5.92 Å². The molecule has 2 N–H and O–H groups in total. The van der Waals surface area contributed by atoms with Crippen LogP contribution in [0.25, 0.3) is 0 Å². The minimum Gasteiger partial charge on any atom is -0.384 e. The number of rotatable bonds is 2. The van der Waals surface area contributed by atoms with E-state index in [0.717, 1.165) is 36.7 Å². The first-order chi connectivity index (χ1) is 10.0. The summed E-state index contributed by atoms with van der Waals surface area (Å²) in [5, 5.41) is 0. The van der Waals surface area contributed by atoms with Crippen LogP contribution in [0.2, 0.25) is 0 Å². The summed E-state index contributed by atoms with van der Waals surface area (Å²) < 4.78 is 0. The van der Waals surface area contributed by atoms with Gasteiger partial charge in [0.25, 0.3) is 0 Å². The second-order valence-corrected chi connectivity index (χ2v) is 6.85. The van der Waals surface area contributed by atoms with E-state index in [9.17, 15) is 0 Å². The molecule has 21 heavy (non-hydrogen) atoms. The minimum atomic E-state index is 0.311. The SMILES string of the molecule is CC(C)c1nc(N)cc(N2CCC3C(CCCN3C)C2)n1. The van der Waals surface area contributed by atoms with Crippen LogP contribution in [0.4, 0.5) is 11.6 Å². The number of nitrogens with two attached hydrogens (primary N) is 1. The number of aromatic nitrogens is 2. The maximum atomic E-state index is 5.97. The van der Waals surface area contributed by atoms with Crippen molar-refractivity contribution in [2.45, 2.75) is 45.1 Å². The molecule has 5 heteroatoms. The highest BCUT2D eigenvalue weighted by molar-refractivity contribution is 5.47. The van der Waals surface area contributed by atoms with Crippen LogP contribution in [0.3, 0.4) is 0 Å². The highest BCUT2D eigenvalue weighted by atomic mass is 15.2. The molecule has 0 spiro atoms. The summed E-state index contributed by atoms with van der Waals surface area (Å²) in [6.45, 7) is 7.64. The van der Waals surface area contributed by atoms with E-state index in [1.165, 1.54) is 25.8 Å². The number of anilines is 2. The number of nitrogen functional groups attached to an aromatic ring is 1. The predicted molar refractivity (Wildman–Crippen MR) is 86.5 cm³/mol. The molecule has 3 heterocycles. The molecular formula is C16H27N5.